The van der Waals surface area contributed by atoms with E-state index in [2.05, 4.69) is 17.3 Å². The number of anilines is 1. The minimum atomic E-state index is -0.105. The molecule has 3 rings (SSSR count). The van der Waals surface area contributed by atoms with Gasteiger partial charge >= 0.3 is 0 Å². The fourth-order valence-electron chi connectivity index (χ4n) is 2.28. The van der Waals surface area contributed by atoms with Crippen molar-refractivity contribution in [3.63, 3.8) is 0 Å². The molecule has 0 atom stereocenters. The van der Waals surface area contributed by atoms with Crippen molar-refractivity contribution < 1.29 is 4.79 Å². The molecule has 0 saturated heterocycles. The second kappa shape index (κ2) is 6.15. The molecule has 0 aliphatic carbocycles. The molecule has 0 bridgehead atoms. The van der Waals surface area contributed by atoms with Gasteiger partial charge in [-0.05, 0) is 37.1 Å². The number of aryl methyl sites for hydroxylation is 2. The Morgan fingerprint density at radius 3 is 2.73 bits per heavy atom. The standard InChI is InChI=1S/C17H17N3OS/c1-3-14-12(2)11-15(22-14)17(21)18-16-9-10-20(19-16)13-7-5-4-6-8-13/h4-11H,3H2,1-2H3,(H,18,19,21). The second-order valence-electron chi connectivity index (χ2n) is 5.01. The molecule has 1 amide bonds. The average Bonchev–Trinajstić information content (AvgIpc) is 3.14. The minimum absolute atomic E-state index is 0.105. The molecule has 3 aromatic rings. The first-order valence-electron chi connectivity index (χ1n) is 7.19. The Morgan fingerprint density at radius 1 is 1.27 bits per heavy atom. The second-order valence-corrected chi connectivity index (χ2v) is 6.14. The summed E-state index contributed by atoms with van der Waals surface area (Å²) in [7, 11) is 0. The maximum absolute atomic E-state index is 12.3. The van der Waals surface area contributed by atoms with Crippen LogP contribution in [0.1, 0.15) is 27.0 Å². The third kappa shape index (κ3) is 2.94. The van der Waals surface area contributed by atoms with Crippen LogP contribution in [0.25, 0.3) is 5.69 Å². The van der Waals surface area contributed by atoms with Crippen LogP contribution in [0, 0.1) is 6.92 Å². The van der Waals surface area contributed by atoms with Crippen LogP contribution in [-0.4, -0.2) is 15.7 Å². The Hall–Kier alpha value is -2.40. The van der Waals surface area contributed by atoms with Crippen LogP contribution in [0.3, 0.4) is 0 Å². The van der Waals surface area contributed by atoms with Crippen LogP contribution < -0.4 is 5.32 Å². The van der Waals surface area contributed by atoms with E-state index in [1.807, 2.05) is 49.5 Å². The molecule has 1 aromatic carbocycles. The van der Waals surface area contributed by atoms with Crippen LogP contribution in [0.4, 0.5) is 5.82 Å². The van der Waals surface area contributed by atoms with E-state index in [-0.39, 0.29) is 5.91 Å². The number of nitrogens with one attached hydrogen (secondary N) is 1. The number of aromatic nitrogens is 2. The van der Waals surface area contributed by atoms with E-state index in [1.165, 1.54) is 10.4 Å². The molecular formula is C17H17N3OS. The molecule has 0 aliphatic heterocycles. The highest BCUT2D eigenvalue weighted by molar-refractivity contribution is 7.14. The zero-order valence-corrected chi connectivity index (χ0v) is 13.4. The number of nitrogens with zero attached hydrogens (tertiary/aromatic N) is 2. The summed E-state index contributed by atoms with van der Waals surface area (Å²) >= 11 is 1.54. The first-order chi connectivity index (χ1) is 10.7. The van der Waals surface area contributed by atoms with E-state index in [4.69, 9.17) is 0 Å². The molecule has 0 unspecified atom stereocenters. The molecule has 0 aliphatic rings. The quantitative estimate of drug-likeness (QED) is 0.790. The van der Waals surface area contributed by atoms with Crippen LogP contribution >= 0.6 is 11.3 Å². The third-order valence-corrected chi connectivity index (χ3v) is 4.80. The zero-order chi connectivity index (χ0) is 15.5. The first kappa shape index (κ1) is 14.5. The summed E-state index contributed by atoms with van der Waals surface area (Å²) in [5.74, 6) is 0.448. The lowest BCUT2D eigenvalue weighted by molar-refractivity contribution is 0.103. The number of hydrogen-bond acceptors (Lipinski definition) is 3. The third-order valence-electron chi connectivity index (χ3n) is 3.42. The van der Waals surface area contributed by atoms with Gasteiger partial charge in [0.1, 0.15) is 0 Å². The summed E-state index contributed by atoms with van der Waals surface area (Å²) in [5, 5.41) is 7.24. The van der Waals surface area contributed by atoms with Gasteiger partial charge in [-0.3, -0.25) is 4.79 Å². The van der Waals surface area contributed by atoms with Gasteiger partial charge in [0.05, 0.1) is 10.6 Å². The summed E-state index contributed by atoms with van der Waals surface area (Å²) in [5.41, 5.74) is 2.13. The largest absolute Gasteiger partial charge is 0.304 e. The first-order valence-corrected chi connectivity index (χ1v) is 8.00. The van der Waals surface area contributed by atoms with Crippen LogP contribution in [-0.2, 0) is 6.42 Å². The summed E-state index contributed by atoms with van der Waals surface area (Å²) in [6, 6.07) is 13.5. The van der Waals surface area contributed by atoms with Crippen molar-refractivity contribution in [3.8, 4) is 5.69 Å². The summed E-state index contributed by atoms with van der Waals surface area (Å²) in [4.78, 5) is 14.3. The summed E-state index contributed by atoms with van der Waals surface area (Å²) in [6.45, 7) is 4.14. The van der Waals surface area contributed by atoms with E-state index in [0.29, 0.717) is 5.82 Å². The molecule has 0 saturated carbocycles. The highest BCUT2D eigenvalue weighted by atomic mass is 32.1. The zero-order valence-electron chi connectivity index (χ0n) is 12.5. The maximum Gasteiger partial charge on any atom is 0.266 e. The number of hydrogen-bond donors (Lipinski definition) is 1. The Kier molecular flexibility index (Phi) is 4.06. The molecule has 0 fully saturated rings. The van der Waals surface area contributed by atoms with Crippen LogP contribution in [0.2, 0.25) is 0 Å². The number of amides is 1. The normalized spacial score (nSPS) is 10.6. The smallest absolute Gasteiger partial charge is 0.266 e. The molecule has 4 nitrogen and oxygen atoms in total. The van der Waals surface area contributed by atoms with Crippen molar-refractivity contribution >= 4 is 23.1 Å². The molecule has 0 radical (unpaired) electrons. The molecule has 5 heteroatoms. The fourth-order valence-corrected chi connectivity index (χ4v) is 3.28. The monoisotopic (exact) mass is 311 g/mol. The topological polar surface area (TPSA) is 46.9 Å². The number of para-hydroxylation sites is 1. The van der Waals surface area contributed by atoms with E-state index in [9.17, 15) is 4.79 Å². The Bertz CT molecular complexity index is 789. The molecule has 1 N–H and O–H groups in total. The SMILES string of the molecule is CCc1sc(C(=O)Nc2ccn(-c3ccccc3)n2)cc1C. The number of rotatable bonds is 4. The number of carbonyl (C=O) groups is 1. The van der Waals surface area contributed by atoms with Gasteiger partial charge in [-0.1, -0.05) is 25.1 Å². The predicted octanol–water partition coefficient (Wildman–Crippen LogP) is 4.06. The van der Waals surface area contributed by atoms with Gasteiger partial charge in [0.15, 0.2) is 5.82 Å². The van der Waals surface area contributed by atoms with Gasteiger partial charge in [-0.25, -0.2) is 4.68 Å². The van der Waals surface area contributed by atoms with Crippen LogP contribution in [0.5, 0.6) is 0 Å². The van der Waals surface area contributed by atoms with Crippen LogP contribution in [0.15, 0.2) is 48.7 Å². The number of carbonyl (C=O) groups excluding carboxylic acids is 1. The predicted molar refractivity (Wildman–Crippen MR) is 90.0 cm³/mol. The van der Waals surface area contributed by atoms with Gasteiger partial charge < -0.3 is 5.32 Å². The Balaban J connectivity index is 1.76. The minimum Gasteiger partial charge on any atom is -0.304 e. The molecule has 2 heterocycles. The summed E-state index contributed by atoms with van der Waals surface area (Å²) < 4.78 is 1.74. The fraction of sp³-hybridized carbons (Fsp3) is 0.176. The van der Waals surface area contributed by atoms with Crippen molar-refractivity contribution in [1.82, 2.24) is 9.78 Å². The Morgan fingerprint density at radius 2 is 2.05 bits per heavy atom. The number of benzene rings is 1. The van der Waals surface area contributed by atoms with Crippen molar-refractivity contribution in [2.24, 2.45) is 0 Å². The van der Waals surface area contributed by atoms with Gasteiger partial charge in [-0.15, -0.1) is 11.3 Å². The molecule has 2 aromatic heterocycles. The van der Waals surface area contributed by atoms with Crippen molar-refractivity contribution in [2.45, 2.75) is 20.3 Å². The summed E-state index contributed by atoms with van der Waals surface area (Å²) in [6.07, 6.45) is 2.79. The van der Waals surface area contributed by atoms with Gasteiger partial charge in [-0.2, -0.15) is 5.10 Å². The Labute approximate surface area is 133 Å². The average molecular weight is 311 g/mol. The lowest BCUT2D eigenvalue weighted by atomic mass is 10.2. The van der Waals surface area contributed by atoms with Crippen molar-refractivity contribution in [3.05, 3.63) is 64.0 Å². The van der Waals surface area contributed by atoms with E-state index < -0.39 is 0 Å². The molecule has 22 heavy (non-hydrogen) atoms. The van der Waals surface area contributed by atoms with E-state index in [1.54, 1.807) is 22.1 Å². The number of thiophene rings is 1. The van der Waals surface area contributed by atoms with Gasteiger partial charge in [0, 0.05) is 17.1 Å². The molecule has 0 spiro atoms. The highest BCUT2D eigenvalue weighted by Gasteiger charge is 2.13. The van der Waals surface area contributed by atoms with Gasteiger partial charge in [0.25, 0.3) is 5.91 Å². The van der Waals surface area contributed by atoms with Gasteiger partial charge in [0.2, 0.25) is 0 Å². The van der Waals surface area contributed by atoms with E-state index >= 15 is 0 Å². The van der Waals surface area contributed by atoms with Crippen molar-refractivity contribution in [1.29, 1.82) is 0 Å². The molecule has 112 valence electrons. The highest BCUT2D eigenvalue weighted by Crippen LogP contribution is 2.23. The lowest BCUT2D eigenvalue weighted by Gasteiger charge is -2.01. The van der Waals surface area contributed by atoms with E-state index in [0.717, 1.165) is 17.0 Å². The van der Waals surface area contributed by atoms with Crippen molar-refractivity contribution in [2.75, 3.05) is 5.32 Å². The molecular weight excluding hydrogens is 294 g/mol. The maximum atomic E-state index is 12.3. The lowest BCUT2D eigenvalue weighted by Crippen LogP contribution is -2.11.